The van der Waals surface area contributed by atoms with E-state index in [-0.39, 0.29) is 5.78 Å². The Kier molecular flexibility index (Phi) is 4.98. The Labute approximate surface area is 91.1 Å². The number of hydrogen-bond donors (Lipinski definition) is 0. The topological polar surface area (TPSA) is 33.2 Å². The summed E-state index contributed by atoms with van der Waals surface area (Å²) in [6, 6.07) is 5.94. The largest absolute Gasteiger partial charge is 0.306 e. The maximum atomic E-state index is 10.8. The molecule has 1 heterocycles. The summed E-state index contributed by atoms with van der Waals surface area (Å²) < 4.78 is 0. The Morgan fingerprint density at radius 3 is 2.80 bits per heavy atom. The van der Waals surface area contributed by atoms with E-state index in [9.17, 15) is 4.79 Å². The first-order chi connectivity index (χ1) is 7.18. The fourth-order valence-electron chi connectivity index (χ4n) is 1.31. The quantitative estimate of drug-likeness (QED) is 0.707. The van der Waals surface area contributed by atoms with Gasteiger partial charge in [0, 0.05) is 37.8 Å². The first kappa shape index (κ1) is 11.9. The zero-order chi connectivity index (χ0) is 11.1. The highest BCUT2D eigenvalue weighted by Crippen LogP contribution is 1.97. The summed E-state index contributed by atoms with van der Waals surface area (Å²) in [5, 5.41) is 0. The van der Waals surface area contributed by atoms with Gasteiger partial charge in [0.25, 0.3) is 0 Å². The molecule has 0 aliphatic carbocycles. The van der Waals surface area contributed by atoms with Gasteiger partial charge in [-0.3, -0.25) is 9.78 Å². The van der Waals surface area contributed by atoms with Gasteiger partial charge in [0.15, 0.2) is 0 Å². The number of carbonyl (C=O) groups is 1. The second-order valence-corrected chi connectivity index (χ2v) is 3.83. The fourth-order valence-corrected chi connectivity index (χ4v) is 1.31. The molecule has 0 aliphatic rings. The number of rotatable bonds is 6. The van der Waals surface area contributed by atoms with Gasteiger partial charge in [0.05, 0.1) is 0 Å². The van der Waals surface area contributed by atoms with E-state index in [1.807, 2.05) is 31.4 Å². The van der Waals surface area contributed by atoms with Crippen molar-refractivity contribution >= 4 is 5.78 Å². The van der Waals surface area contributed by atoms with Crippen molar-refractivity contribution in [3.63, 3.8) is 0 Å². The van der Waals surface area contributed by atoms with E-state index in [1.54, 1.807) is 6.92 Å². The van der Waals surface area contributed by atoms with Gasteiger partial charge >= 0.3 is 0 Å². The number of Topliss-reactive ketones (excluding diaryl/α,β-unsaturated/α-hetero) is 1. The lowest BCUT2D eigenvalue weighted by molar-refractivity contribution is -0.117. The molecule has 0 aliphatic heterocycles. The van der Waals surface area contributed by atoms with Crippen LogP contribution in [-0.2, 0) is 11.2 Å². The maximum absolute atomic E-state index is 10.8. The Morgan fingerprint density at radius 1 is 1.40 bits per heavy atom. The van der Waals surface area contributed by atoms with E-state index in [4.69, 9.17) is 0 Å². The molecule has 1 rings (SSSR count). The van der Waals surface area contributed by atoms with Crippen molar-refractivity contribution in [2.24, 2.45) is 0 Å². The van der Waals surface area contributed by atoms with Crippen LogP contribution < -0.4 is 0 Å². The Morgan fingerprint density at radius 2 is 2.20 bits per heavy atom. The standard InChI is InChI=1S/C12H18N2O/c1-11(15)6-9-14(2)10-7-12-5-3-4-8-13-12/h3-5,8H,6-7,9-10H2,1-2H3. The summed E-state index contributed by atoms with van der Waals surface area (Å²) in [7, 11) is 2.03. The lowest BCUT2D eigenvalue weighted by atomic mass is 10.2. The predicted molar refractivity (Wildman–Crippen MR) is 60.7 cm³/mol. The van der Waals surface area contributed by atoms with Crippen LogP contribution in [0.3, 0.4) is 0 Å². The molecule has 3 heteroatoms. The van der Waals surface area contributed by atoms with Gasteiger partial charge in [-0.25, -0.2) is 0 Å². The summed E-state index contributed by atoms with van der Waals surface area (Å²) in [5.74, 6) is 0.250. The van der Waals surface area contributed by atoms with Gasteiger partial charge in [-0.2, -0.15) is 0 Å². The van der Waals surface area contributed by atoms with E-state index >= 15 is 0 Å². The van der Waals surface area contributed by atoms with Crippen LogP contribution in [-0.4, -0.2) is 35.8 Å². The summed E-state index contributed by atoms with van der Waals surface area (Å²) in [6.07, 6.45) is 3.39. The molecule has 0 amide bonds. The Balaban J connectivity index is 2.22. The van der Waals surface area contributed by atoms with Crippen molar-refractivity contribution in [3.8, 4) is 0 Å². The SMILES string of the molecule is CC(=O)CCN(C)CCc1ccccn1. The van der Waals surface area contributed by atoms with Gasteiger partial charge in [-0.15, -0.1) is 0 Å². The first-order valence-corrected chi connectivity index (χ1v) is 5.26. The normalized spacial score (nSPS) is 10.6. The molecule has 82 valence electrons. The van der Waals surface area contributed by atoms with Crippen LogP contribution >= 0.6 is 0 Å². The second kappa shape index (κ2) is 6.30. The van der Waals surface area contributed by atoms with Crippen LogP contribution in [0.1, 0.15) is 19.0 Å². The van der Waals surface area contributed by atoms with E-state index in [1.165, 1.54) is 0 Å². The van der Waals surface area contributed by atoms with Crippen LogP contribution in [0.25, 0.3) is 0 Å². The third-order valence-corrected chi connectivity index (χ3v) is 2.32. The molecule has 0 spiro atoms. The van der Waals surface area contributed by atoms with Gasteiger partial charge in [-0.1, -0.05) is 6.07 Å². The van der Waals surface area contributed by atoms with Gasteiger partial charge in [0.1, 0.15) is 5.78 Å². The minimum absolute atomic E-state index is 0.250. The number of ketones is 1. The van der Waals surface area contributed by atoms with Crippen LogP contribution in [0.15, 0.2) is 24.4 Å². The third kappa shape index (κ3) is 5.27. The Bertz CT molecular complexity index is 298. The van der Waals surface area contributed by atoms with Gasteiger partial charge in [0.2, 0.25) is 0 Å². The zero-order valence-corrected chi connectivity index (χ0v) is 9.44. The average molecular weight is 206 g/mol. The Hall–Kier alpha value is -1.22. The van der Waals surface area contributed by atoms with Crippen LogP contribution in [0.5, 0.6) is 0 Å². The molecule has 0 aromatic carbocycles. The van der Waals surface area contributed by atoms with Crippen molar-refractivity contribution in [3.05, 3.63) is 30.1 Å². The van der Waals surface area contributed by atoms with E-state index in [0.717, 1.165) is 25.2 Å². The summed E-state index contributed by atoms with van der Waals surface area (Å²) in [6.45, 7) is 3.42. The molecule has 1 aromatic heterocycles. The van der Waals surface area contributed by atoms with E-state index in [0.29, 0.717) is 6.42 Å². The van der Waals surface area contributed by atoms with Crippen LogP contribution in [0.4, 0.5) is 0 Å². The molecular formula is C12H18N2O. The molecular weight excluding hydrogens is 188 g/mol. The average Bonchev–Trinajstić information content (AvgIpc) is 2.25. The number of aromatic nitrogens is 1. The minimum Gasteiger partial charge on any atom is -0.306 e. The molecule has 15 heavy (non-hydrogen) atoms. The summed E-state index contributed by atoms with van der Waals surface area (Å²) >= 11 is 0. The van der Waals surface area contributed by atoms with E-state index in [2.05, 4.69) is 9.88 Å². The molecule has 0 bridgehead atoms. The number of hydrogen-bond acceptors (Lipinski definition) is 3. The molecule has 0 radical (unpaired) electrons. The van der Waals surface area contributed by atoms with Crippen molar-refractivity contribution < 1.29 is 4.79 Å². The monoisotopic (exact) mass is 206 g/mol. The number of likely N-dealkylation sites (N-methyl/N-ethyl adjacent to an activating group) is 1. The molecule has 0 atom stereocenters. The molecule has 3 nitrogen and oxygen atoms in total. The lowest BCUT2D eigenvalue weighted by Crippen LogP contribution is -2.24. The highest BCUT2D eigenvalue weighted by molar-refractivity contribution is 5.75. The summed E-state index contributed by atoms with van der Waals surface area (Å²) in [4.78, 5) is 17.2. The lowest BCUT2D eigenvalue weighted by Gasteiger charge is -2.14. The molecule has 0 N–H and O–H groups in total. The number of carbonyl (C=O) groups excluding carboxylic acids is 1. The van der Waals surface area contributed by atoms with Gasteiger partial charge < -0.3 is 4.90 Å². The highest BCUT2D eigenvalue weighted by Gasteiger charge is 2.01. The second-order valence-electron chi connectivity index (χ2n) is 3.83. The van der Waals surface area contributed by atoms with Crippen LogP contribution in [0.2, 0.25) is 0 Å². The maximum Gasteiger partial charge on any atom is 0.131 e. The van der Waals surface area contributed by atoms with Crippen molar-refractivity contribution in [1.82, 2.24) is 9.88 Å². The number of nitrogens with zero attached hydrogens (tertiary/aromatic N) is 2. The smallest absolute Gasteiger partial charge is 0.131 e. The summed E-state index contributed by atoms with van der Waals surface area (Å²) in [5.41, 5.74) is 1.10. The zero-order valence-electron chi connectivity index (χ0n) is 9.44. The molecule has 0 saturated carbocycles. The van der Waals surface area contributed by atoms with E-state index < -0.39 is 0 Å². The molecule has 1 aromatic rings. The van der Waals surface area contributed by atoms with Crippen LogP contribution in [0, 0.1) is 0 Å². The molecule has 0 fully saturated rings. The number of pyridine rings is 1. The predicted octanol–water partition coefficient (Wildman–Crippen LogP) is 1.54. The minimum atomic E-state index is 0.250. The molecule has 0 saturated heterocycles. The fraction of sp³-hybridized carbons (Fsp3) is 0.500. The highest BCUT2D eigenvalue weighted by atomic mass is 16.1. The van der Waals surface area contributed by atoms with Gasteiger partial charge in [-0.05, 0) is 26.1 Å². The third-order valence-electron chi connectivity index (χ3n) is 2.32. The molecule has 0 unspecified atom stereocenters. The van der Waals surface area contributed by atoms with Crippen molar-refractivity contribution in [2.45, 2.75) is 19.8 Å². The van der Waals surface area contributed by atoms with Crippen molar-refractivity contribution in [1.29, 1.82) is 0 Å². The first-order valence-electron chi connectivity index (χ1n) is 5.26. The van der Waals surface area contributed by atoms with Crippen molar-refractivity contribution in [2.75, 3.05) is 20.1 Å².